The van der Waals surface area contributed by atoms with Crippen LogP contribution in [0.5, 0.6) is 0 Å². The summed E-state index contributed by atoms with van der Waals surface area (Å²) < 4.78 is 10.7. The molecule has 1 amide bonds. The smallest absolute Gasteiger partial charge is 0.410 e. The third-order valence-corrected chi connectivity index (χ3v) is 4.28. The molecule has 0 aliphatic carbocycles. The molecule has 0 radical (unpaired) electrons. The number of aromatic nitrogens is 1. The van der Waals surface area contributed by atoms with Crippen molar-refractivity contribution in [1.82, 2.24) is 15.4 Å². The zero-order valence-corrected chi connectivity index (χ0v) is 15.8. The van der Waals surface area contributed by atoms with Gasteiger partial charge in [0.2, 0.25) is 0 Å². The number of nitrogens with one attached hydrogen (secondary N) is 1. The Hall–Kier alpha value is -1.56. The summed E-state index contributed by atoms with van der Waals surface area (Å²) in [6, 6.07) is 0.590. The van der Waals surface area contributed by atoms with Gasteiger partial charge in [-0.25, -0.2) is 4.79 Å². The molecule has 1 aliphatic heterocycles. The van der Waals surface area contributed by atoms with Crippen LogP contribution in [0.3, 0.4) is 0 Å². The van der Waals surface area contributed by atoms with E-state index in [4.69, 9.17) is 9.26 Å². The number of carbonyl (C=O) groups excluding carboxylic acids is 1. The lowest BCUT2D eigenvalue weighted by atomic mass is 10.0. The molecule has 0 unspecified atom stereocenters. The van der Waals surface area contributed by atoms with Gasteiger partial charge in [0, 0.05) is 30.7 Å². The van der Waals surface area contributed by atoms with Gasteiger partial charge in [0.15, 0.2) is 0 Å². The zero-order valence-electron chi connectivity index (χ0n) is 15.8. The van der Waals surface area contributed by atoms with E-state index in [9.17, 15) is 4.79 Å². The van der Waals surface area contributed by atoms with Gasteiger partial charge < -0.3 is 19.5 Å². The van der Waals surface area contributed by atoms with E-state index in [0.29, 0.717) is 18.6 Å². The van der Waals surface area contributed by atoms with Gasteiger partial charge in [-0.1, -0.05) is 5.16 Å². The predicted octanol–water partition coefficient (Wildman–Crippen LogP) is 3.21. The molecule has 6 heteroatoms. The van der Waals surface area contributed by atoms with Crippen LogP contribution in [0.2, 0.25) is 0 Å². The Kier molecular flexibility index (Phi) is 5.91. The lowest BCUT2D eigenvalue weighted by Gasteiger charge is -2.35. The van der Waals surface area contributed by atoms with Crippen LogP contribution < -0.4 is 5.32 Å². The minimum Gasteiger partial charge on any atom is -0.444 e. The summed E-state index contributed by atoms with van der Waals surface area (Å²) in [5, 5.41) is 7.65. The van der Waals surface area contributed by atoms with Crippen molar-refractivity contribution in [2.24, 2.45) is 0 Å². The minimum absolute atomic E-state index is 0.215. The van der Waals surface area contributed by atoms with E-state index in [1.165, 1.54) is 5.56 Å². The summed E-state index contributed by atoms with van der Waals surface area (Å²) in [7, 11) is 0. The van der Waals surface area contributed by atoms with Gasteiger partial charge in [-0.15, -0.1) is 0 Å². The molecule has 1 saturated heterocycles. The van der Waals surface area contributed by atoms with Crippen molar-refractivity contribution in [1.29, 1.82) is 0 Å². The molecule has 6 nitrogen and oxygen atoms in total. The van der Waals surface area contributed by atoms with Crippen LogP contribution in [-0.4, -0.2) is 46.9 Å². The summed E-state index contributed by atoms with van der Waals surface area (Å²) in [4.78, 5) is 14.1. The predicted molar refractivity (Wildman–Crippen MR) is 93.1 cm³/mol. The number of carbonyl (C=O) groups is 1. The van der Waals surface area contributed by atoms with Crippen molar-refractivity contribution < 1.29 is 14.1 Å². The number of likely N-dealkylation sites (tertiary alicyclic amines) is 1. The Morgan fingerprint density at radius 1 is 1.46 bits per heavy atom. The fourth-order valence-corrected chi connectivity index (χ4v) is 3.17. The van der Waals surface area contributed by atoms with Crippen LogP contribution in [0.15, 0.2) is 4.52 Å². The van der Waals surface area contributed by atoms with Gasteiger partial charge in [-0.2, -0.15) is 0 Å². The first-order valence-corrected chi connectivity index (χ1v) is 8.81. The summed E-state index contributed by atoms with van der Waals surface area (Å²) in [6.07, 6.45) is 2.73. The Labute approximate surface area is 144 Å². The second-order valence-electron chi connectivity index (χ2n) is 7.84. The maximum Gasteiger partial charge on any atom is 0.410 e. The summed E-state index contributed by atoms with van der Waals surface area (Å²) in [6.45, 7) is 13.3. The van der Waals surface area contributed by atoms with Crippen LogP contribution in [0.25, 0.3) is 0 Å². The first kappa shape index (κ1) is 18.8. The van der Waals surface area contributed by atoms with Crippen LogP contribution in [0.1, 0.15) is 57.6 Å². The minimum atomic E-state index is -0.450. The number of nitrogens with zero attached hydrogens (tertiary/aromatic N) is 2. The highest BCUT2D eigenvalue weighted by Crippen LogP contribution is 2.18. The largest absolute Gasteiger partial charge is 0.444 e. The molecule has 1 aliphatic rings. The molecule has 2 atom stereocenters. The highest BCUT2D eigenvalue weighted by molar-refractivity contribution is 5.68. The number of amides is 1. The molecule has 2 heterocycles. The van der Waals surface area contributed by atoms with Gasteiger partial charge in [0.25, 0.3) is 0 Å². The topological polar surface area (TPSA) is 67.6 Å². The number of aryl methyl sites for hydroxylation is 2. The quantitative estimate of drug-likeness (QED) is 0.914. The van der Waals surface area contributed by atoms with Crippen molar-refractivity contribution in [2.75, 3.05) is 13.1 Å². The van der Waals surface area contributed by atoms with Crippen molar-refractivity contribution in [3.05, 3.63) is 17.0 Å². The molecule has 2 rings (SSSR count). The second-order valence-corrected chi connectivity index (χ2v) is 7.84. The summed E-state index contributed by atoms with van der Waals surface area (Å²) >= 11 is 0. The van der Waals surface area contributed by atoms with Gasteiger partial charge in [0.1, 0.15) is 11.4 Å². The Bertz CT molecular complexity index is 543. The first-order chi connectivity index (χ1) is 11.2. The van der Waals surface area contributed by atoms with Gasteiger partial charge in [-0.3, -0.25) is 0 Å². The molecule has 0 spiro atoms. The van der Waals surface area contributed by atoms with E-state index in [2.05, 4.69) is 17.4 Å². The van der Waals surface area contributed by atoms with Gasteiger partial charge in [0.05, 0.1) is 5.69 Å². The third kappa shape index (κ3) is 5.23. The number of ether oxygens (including phenoxy) is 1. The van der Waals surface area contributed by atoms with Crippen molar-refractivity contribution in [3.8, 4) is 0 Å². The highest BCUT2D eigenvalue weighted by Gasteiger charge is 2.28. The van der Waals surface area contributed by atoms with E-state index in [1.54, 1.807) is 0 Å². The van der Waals surface area contributed by atoms with E-state index in [1.807, 2.05) is 39.5 Å². The fourth-order valence-electron chi connectivity index (χ4n) is 3.17. The molecule has 1 aromatic rings. The van der Waals surface area contributed by atoms with Gasteiger partial charge in [-0.05, 0) is 60.8 Å². The molecule has 0 saturated carbocycles. The third-order valence-electron chi connectivity index (χ3n) is 4.28. The lowest BCUT2D eigenvalue weighted by Crippen LogP contribution is -2.51. The number of hydrogen-bond donors (Lipinski definition) is 1. The Morgan fingerprint density at radius 2 is 2.17 bits per heavy atom. The molecule has 0 aromatic carbocycles. The van der Waals surface area contributed by atoms with Gasteiger partial charge >= 0.3 is 6.09 Å². The number of hydrogen-bond acceptors (Lipinski definition) is 5. The normalized spacial score (nSPS) is 20.1. The maximum absolute atomic E-state index is 12.2. The first-order valence-electron chi connectivity index (χ1n) is 8.81. The highest BCUT2D eigenvalue weighted by atomic mass is 16.6. The molecular weight excluding hydrogens is 306 g/mol. The van der Waals surface area contributed by atoms with E-state index < -0.39 is 5.60 Å². The van der Waals surface area contributed by atoms with Crippen molar-refractivity contribution in [2.45, 2.75) is 78.5 Å². The molecule has 1 N–H and O–H groups in total. The molecule has 0 bridgehead atoms. The molecule has 1 aromatic heterocycles. The van der Waals surface area contributed by atoms with Crippen molar-refractivity contribution in [3.63, 3.8) is 0 Å². The lowest BCUT2D eigenvalue weighted by molar-refractivity contribution is 0.0184. The van der Waals surface area contributed by atoms with Crippen LogP contribution in [0.4, 0.5) is 4.79 Å². The monoisotopic (exact) mass is 337 g/mol. The maximum atomic E-state index is 12.2. The number of rotatable bonds is 4. The van der Waals surface area contributed by atoms with Crippen LogP contribution >= 0.6 is 0 Å². The molecule has 136 valence electrons. The van der Waals surface area contributed by atoms with Crippen LogP contribution in [-0.2, 0) is 11.2 Å². The van der Waals surface area contributed by atoms with Crippen molar-refractivity contribution >= 4 is 6.09 Å². The molecule has 24 heavy (non-hydrogen) atoms. The Balaban J connectivity index is 1.87. The second kappa shape index (κ2) is 7.55. The number of piperidine rings is 1. The van der Waals surface area contributed by atoms with E-state index >= 15 is 0 Å². The van der Waals surface area contributed by atoms with E-state index in [-0.39, 0.29) is 6.09 Å². The average molecular weight is 337 g/mol. The SMILES string of the molecule is Cc1noc(C)c1C[C@H](C)N[C@@H]1CCCN(C(=O)OC(C)(C)C)C1. The summed E-state index contributed by atoms with van der Waals surface area (Å²) in [5.41, 5.74) is 1.68. The van der Waals surface area contributed by atoms with Crippen LogP contribution in [0, 0.1) is 13.8 Å². The molecule has 1 fully saturated rings. The zero-order chi connectivity index (χ0) is 17.9. The standard InChI is InChI=1S/C18H31N3O3/c1-12(10-16-13(2)20-24-14(16)3)19-15-8-7-9-21(11-15)17(22)23-18(4,5)6/h12,15,19H,7-11H2,1-6H3/t12-,15+/m0/s1. The average Bonchev–Trinajstić information content (AvgIpc) is 2.77. The molecular formula is C18H31N3O3. The fraction of sp³-hybridized carbons (Fsp3) is 0.778. The summed E-state index contributed by atoms with van der Waals surface area (Å²) in [5.74, 6) is 0.889. The Morgan fingerprint density at radius 3 is 2.75 bits per heavy atom. The van der Waals surface area contributed by atoms with E-state index in [0.717, 1.165) is 37.3 Å².